The first kappa shape index (κ1) is 26.9. The highest BCUT2D eigenvalue weighted by molar-refractivity contribution is 5.51. The van der Waals surface area contributed by atoms with Crippen LogP contribution in [-0.4, -0.2) is 91.8 Å². The number of benzene rings is 1. The Bertz CT molecular complexity index is 1430. The lowest BCUT2D eigenvalue weighted by atomic mass is 9.90. The Morgan fingerprint density at radius 2 is 1.73 bits per heavy atom. The molecule has 0 amide bonds. The van der Waals surface area contributed by atoms with Crippen LogP contribution < -0.4 is 20.4 Å². The van der Waals surface area contributed by atoms with Gasteiger partial charge in [-0.3, -0.25) is 4.68 Å². The molecule has 2 aliphatic heterocycles. The third kappa shape index (κ3) is 6.24. The number of aromatic nitrogens is 7. The molecule has 0 radical (unpaired) electrons. The summed E-state index contributed by atoms with van der Waals surface area (Å²) in [7, 11) is 0. The molecule has 14 heteroatoms. The van der Waals surface area contributed by atoms with Gasteiger partial charge in [-0.2, -0.15) is 10.1 Å². The van der Waals surface area contributed by atoms with Crippen molar-refractivity contribution in [3.8, 4) is 0 Å². The largest absolute Gasteiger partial charge is 0.381 e. The topological polar surface area (TPSA) is 142 Å². The number of hydrogen-bond acceptors (Lipinski definition) is 12. The molecular formula is C27H32FN11O2. The summed E-state index contributed by atoms with van der Waals surface area (Å²) < 4.78 is 20.9. The molecule has 41 heavy (non-hydrogen) atoms. The molecule has 2 atom stereocenters. The second kappa shape index (κ2) is 11.7. The van der Waals surface area contributed by atoms with E-state index in [1.165, 1.54) is 18.5 Å². The van der Waals surface area contributed by atoms with Gasteiger partial charge in [-0.05, 0) is 24.6 Å². The van der Waals surface area contributed by atoms with Gasteiger partial charge in [-0.15, -0.1) is 0 Å². The van der Waals surface area contributed by atoms with E-state index in [-0.39, 0.29) is 11.9 Å². The van der Waals surface area contributed by atoms with E-state index in [9.17, 15) is 9.50 Å². The number of piperazine rings is 1. The van der Waals surface area contributed by atoms with E-state index in [1.807, 2.05) is 10.9 Å². The minimum absolute atomic E-state index is 0.0959. The number of halogens is 1. The van der Waals surface area contributed by atoms with Crippen molar-refractivity contribution < 1.29 is 14.2 Å². The molecule has 2 unspecified atom stereocenters. The number of anilines is 4. The van der Waals surface area contributed by atoms with Gasteiger partial charge < -0.3 is 30.3 Å². The maximum Gasteiger partial charge on any atom is 0.232 e. The van der Waals surface area contributed by atoms with Crippen LogP contribution in [0.3, 0.4) is 0 Å². The fourth-order valence-corrected chi connectivity index (χ4v) is 4.89. The lowest BCUT2D eigenvalue weighted by molar-refractivity contribution is 0.0161. The van der Waals surface area contributed by atoms with Gasteiger partial charge in [-0.25, -0.2) is 24.3 Å². The highest BCUT2D eigenvalue weighted by Crippen LogP contribution is 2.29. The summed E-state index contributed by atoms with van der Waals surface area (Å²) in [6.07, 6.45) is 8.47. The molecule has 2 saturated heterocycles. The molecule has 214 valence electrons. The second-order valence-corrected chi connectivity index (χ2v) is 10.2. The molecule has 1 aromatic carbocycles. The maximum absolute atomic E-state index is 13.3. The molecule has 0 bridgehead atoms. The summed E-state index contributed by atoms with van der Waals surface area (Å²) in [4.78, 5) is 26.4. The van der Waals surface area contributed by atoms with Crippen LogP contribution in [0.4, 0.5) is 27.9 Å². The van der Waals surface area contributed by atoms with Crippen molar-refractivity contribution in [1.82, 2.24) is 40.0 Å². The lowest BCUT2D eigenvalue weighted by Gasteiger charge is -2.34. The summed E-state index contributed by atoms with van der Waals surface area (Å²) in [6.45, 7) is 7.41. The molecule has 0 aliphatic carbocycles. The Hall–Kier alpha value is -4.27. The molecule has 0 saturated carbocycles. The van der Waals surface area contributed by atoms with Crippen LogP contribution >= 0.6 is 0 Å². The number of nitrogens with one attached hydrogen (secondary N) is 2. The number of ether oxygens (including phenoxy) is 1. The van der Waals surface area contributed by atoms with Crippen molar-refractivity contribution in [3.05, 3.63) is 72.3 Å². The van der Waals surface area contributed by atoms with Crippen LogP contribution in [-0.2, 0) is 16.9 Å². The van der Waals surface area contributed by atoms with Crippen molar-refractivity contribution in [2.24, 2.45) is 0 Å². The fourth-order valence-electron chi connectivity index (χ4n) is 4.89. The van der Waals surface area contributed by atoms with Gasteiger partial charge >= 0.3 is 0 Å². The van der Waals surface area contributed by atoms with E-state index in [0.29, 0.717) is 68.3 Å². The summed E-state index contributed by atoms with van der Waals surface area (Å²) in [5, 5.41) is 22.0. The molecular weight excluding hydrogens is 529 g/mol. The number of aliphatic hydroxyl groups is 1. The van der Waals surface area contributed by atoms with Gasteiger partial charge in [-0.1, -0.05) is 12.1 Å². The third-order valence-electron chi connectivity index (χ3n) is 7.30. The van der Waals surface area contributed by atoms with Gasteiger partial charge in [0, 0.05) is 63.4 Å². The Morgan fingerprint density at radius 3 is 2.44 bits per heavy atom. The average molecular weight is 562 g/mol. The molecule has 0 spiro atoms. The molecule has 5 heterocycles. The van der Waals surface area contributed by atoms with Crippen molar-refractivity contribution in [2.45, 2.75) is 25.2 Å². The maximum atomic E-state index is 13.3. The number of morpholine rings is 1. The zero-order chi connectivity index (χ0) is 28.2. The standard InChI is InChI=1S/C27H32FN11O2/c1-27(40,19-2-4-21(28)5-3-19)20-12-30-25(31-13-20)37-7-9-38(10-8-37)26-33-18-32-24(36-26)35-22-14-34-39(16-22)17-23-15-29-6-11-41-23/h2-5,12-14,16,18,23,29,40H,6-11,15,17H2,1H3,(H,32,33,35,36). The highest BCUT2D eigenvalue weighted by atomic mass is 19.1. The first-order chi connectivity index (χ1) is 19.9. The van der Waals surface area contributed by atoms with E-state index in [1.54, 1.807) is 37.6 Å². The smallest absolute Gasteiger partial charge is 0.232 e. The summed E-state index contributed by atoms with van der Waals surface area (Å²) in [5.41, 5.74) is 0.543. The van der Waals surface area contributed by atoms with Crippen molar-refractivity contribution in [1.29, 1.82) is 0 Å². The van der Waals surface area contributed by atoms with Crippen molar-refractivity contribution in [2.75, 3.05) is 61.0 Å². The van der Waals surface area contributed by atoms with Crippen LogP contribution in [0.2, 0.25) is 0 Å². The predicted molar refractivity (Wildman–Crippen MR) is 149 cm³/mol. The second-order valence-electron chi connectivity index (χ2n) is 10.2. The summed E-state index contributed by atoms with van der Waals surface area (Å²) in [6, 6.07) is 5.76. The number of hydrogen-bond donors (Lipinski definition) is 3. The molecule has 2 aliphatic rings. The van der Waals surface area contributed by atoms with E-state index in [0.717, 1.165) is 18.8 Å². The zero-order valence-electron chi connectivity index (χ0n) is 22.7. The average Bonchev–Trinajstić information content (AvgIpc) is 3.44. The fraction of sp³-hybridized carbons (Fsp3) is 0.407. The Labute approximate surface area is 236 Å². The molecule has 3 aromatic heterocycles. The molecule has 2 fully saturated rings. The van der Waals surface area contributed by atoms with E-state index in [4.69, 9.17) is 4.74 Å². The molecule has 4 aromatic rings. The van der Waals surface area contributed by atoms with E-state index < -0.39 is 5.60 Å². The quantitative estimate of drug-likeness (QED) is 0.285. The SMILES string of the molecule is CC(O)(c1ccc(F)cc1)c1cnc(N2CCN(c3ncnc(Nc4cnn(CC5CNCCO5)c4)n3)CC2)nc1. The molecule has 6 rings (SSSR count). The first-order valence-corrected chi connectivity index (χ1v) is 13.6. The van der Waals surface area contributed by atoms with Crippen LogP contribution in [0.15, 0.2) is 55.4 Å². The van der Waals surface area contributed by atoms with Crippen molar-refractivity contribution in [3.63, 3.8) is 0 Å². The third-order valence-corrected chi connectivity index (χ3v) is 7.30. The minimum atomic E-state index is -1.34. The van der Waals surface area contributed by atoms with Gasteiger partial charge in [0.15, 0.2) is 0 Å². The van der Waals surface area contributed by atoms with E-state index >= 15 is 0 Å². The number of nitrogens with zero attached hydrogens (tertiary/aromatic N) is 9. The predicted octanol–water partition coefficient (Wildman–Crippen LogP) is 1.31. The van der Waals surface area contributed by atoms with Gasteiger partial charge in [0.1, 0.15) is 17.7 Å². The lowest BCUT2D eigenvalue weighted by Crippen LogP contribution is -2.47. The summed E-state index contributed by atoms with van der Waals surface area (Å²) >= 11 is 0. The van der Waals surface area contributed by atoms with Gasteiger partial charge in [0.05, 0.1) is 31.1 Å². The van der Waals surface area contributed by atoms with E-state index in [2.05, 4.69) is 50.5 Å². The van der Waals surface area contributed by atoms with Crippen LogP contribution in [0, 0.1) is 5.82 Å². The normalized spacial score (nSPS) is 19.1. The zero-order valence-corrected chi connectivity index (χ0v) is 22.7. The monoisotopic (exact) mass is 561 g/mol. The first-order valence-electron chi connectivity index (χ1n) is 13.6. The van der Waals surface area contributed by atoms with Crippen LogP contribution in [0.25, 0.3) is 0 Å². The molecule has 13 nitrogen and oxygen atoms in total. The minimum Gasteiger partial charge on any atom is -0.381 e. The van der Waals surface area contributed by atoms with Gasteiger partial charge in [0.25, 0.3) is 0 Å². The van der Waals surface area contributed by atoms with Gasteiger partial charge in [0.2, 0.25) is 17.8 Å². The Kier molecular flexibility index (Phi) is 7.67. The Morgan fingerprint density at radius 1 is 1.00 bits per heavy atom. The number of rotatable bonds is 8. The van der Waals surface area contributed by atoms with Crippen LogP contribution in [0.5, 0.6) is 0 Å². The Balaban J connectivity index is 1.04. The summed E-state index contributed by atoms with van der Waals surface area (Å²) in [5.74, 6) is 1.25. The van der Waals surface area contributed by atoms with Crippen LogP contribution in [0.1, 0.15) is 18.1 Å². The molecule has 3 N–H and O–H groups in total. The highest BCUT2D eigenvalue weighted by Gasteiger charge is 2.28. The van der Waals surface area contributed by atoms with Crippen molar-refractivity contribution >= 4 is 23.5 Å².